The lowest BCUT2D eigenvalue weighted by Gasteiger charge is -2.24. The van der Waals surface area contributed by atoms with E-state index in [1.54, 1.807) is 12.1 Å². The summed E-state index contributed by atoms with van der Waals surface area (Å²) in [5, 5.41) is 4.96. The molecular formula is C18H23N3O3. The summed E-state index contributed by atoms with van der Waals surface area (Å²) in [6.45, 7) is 6.49. The quantitative estimate of drug-likeness (QED) is 0.854. The highest BCUT2D eigenvalue weighted by Crippen LogP contribution is 2.11. The average Bonchev–Trinajstić information content (AvgIpc) is 2.92. The van der Waals surface area contributed by atoms with Gasteiger partial charge in [0.25, 0.3) is 0 Å². The maximum Gasteiger partial charge on any atom is 0.325 e. The van der Waals surface area contributed by atoms with Crippen LogP contribution in [0.4, 0.5) is 10.5 Å². The summed E-state index contributed by atoms with van der Waals surface area (Å²) < 4.78 is 5.55. The molecule has 2 rings (SSSR count). The van der Waals surface area contributed by atoms with Crippen LogP contribution >= 0.6 is 0 Å². The molecule has 0 radical (unpaired) electrons. The molecule has 3 amide bonds. The van der Waals surface area contributed by atoms with E-state index in [9.17, 15) is 9.59 Å². The second kappa shape index (κ2) is 8.31. The Bertz CT molecular complexity index is 680. The number of para-hydroxylation sites is 1. The van der Waals surface area contributed by atoms with Crippen molar-refractivity contribution in [3.63, 3.8) is 0 Å². The number of furan rings is 1. The maximum atomic E-state index is 12.1. The minimum absolute atomic E-state index is 0.111. The van der Waals surface area contributed by atoms with Crippen LogP contribution in [0.2, 0.25) is 0 Å². The van der Waals surface area contributed by atoms with Crippen molar-refractivity contribution in [3.05, 3.63) is 54.0 Å². The van der Waals surface area contributed by atoms with Gasteiger partial charge in [-0.15, -0.1) is 0 Å². The number of anilines is 1. The van der Waals surface area contributed by atoms with Crippen molar-refractivity contribution in [3.8, 4) is 0 Å². The number of amides is 3. The molecule has 1 aromatic carbocycles. The molecule has 0 bridgehead atoms. The number of hydrogen-bond acceptors (Lipinski definition) is 4. The number of carbonyl (C=O) groups is 2. The van der Waals surface area contributed by atoms with E-state index in [1.807, 2.05) is 56.0 Å². The molecule has 0 saturated carbocycles. The van der Waals surface area contributed by atoms with Gasteiger partial charge in [-0.05, 0) is 45.0 Å². The molecule has 0 spiro atoms. The summed E-state index contributed by atoms with van der Waals surface area (Å²) in [5.41, 5.74) is 0.634. The molecule has 128 valence electrons. The van der Waals surface area contributed by atoms with Gasteiger partial charge in [0.05, 0.1) is 13.1 Å². The van der Waals surface area contributed by atoms with Crippen LogP contribution < -0.4 is 10.6 Å². The number of carbonyl (C=O) groups excluding carboxylic acids is 2. The van der Waals surface area contributed by atoms with Crippen LogP contribution in [0.3, 0.4) is 0 Å². The van der Waals surface area contributed by atoms with E-state index in [0.29, 0.717) is 12.2 Å². The first kappa shape index (κ1) is 17.7. The minimum Gasteiger partial charge on any atom is -0.465 e. The molecule has 2 aromatic rings. The Balaban J connectivity index is 1.87. The predicted molar refractivity (Wildman–Crippen MR) is 92.6 cm³/mol. The molecule has 0 unspecified atom stereocenters. The van der Waals surface area contributed by atoms with Crippen molar-refractivity contribution in [2.24, 2.45) is 0 Å². The third-order valence-corrected chi connectivity index (χ3v) is 3.52. The molecular weight excluding hydrogens is 306 g/mol. The number of aryl methyl sites for hydroxylation is 1. The van der Waals surface area contributed by atoms with Gasteiger partial charge in [-0.2, -0.15) is 0 Å². The van der Waals surface area contributed by atoms with Crippen LogP contribution in [0.5, 0.6) is 0 Å². The first-order valence-electron chi connectivity index (χ1n) is 7.89. The number of benzene rings is 1. The standard InChI is InChI=1S/C18H23N3O3/c1-13(2)21(11-16-10-9-14(3)24-16)12-17(22)20-18(23)19-15-7-5-4-6-8-15/h4-10,13H,11-12H2,1-3H3,(H2,19,20,22,23). The molecule has 2 N–H and O–H groups in total. The van der Waals surface area contributed by atoms with Crippen molar-refractivity contribution in [2.45, 2.75) is 33.4 Å². The van der Waals surface area contributed by atoms with Gasteiger partial charge in [0.15, 0.2) is 0 Å². The summed E-state index contributed by atoms with van der Waals surface area (Å²) in [6.07, 6.45) is 0. The highest BCUT2D eigenvalue weighted by Gasteiger charge is 2.17. The van der Waals surface area contributed by atoms with Crippen molar-refractivity contribution >= 4 is 17.6 Å². The summed E-state index contributed by atoms with van der Waals surface area (Å²) in [5.74, 6) is 1.27. The van der Waals surface area contributed by atoms with Crippen LogP contribution in [0.25, 0.3) is 0 Å². The summed E-state index contributed by atoms with van der Waals surface area (Å²) >= 11 is 0. The van der Waals surface area contributed by atoms with Crippen LogP contribution in [-0.2, 0) is 11.3 Å². The number of nitrogens with one attached hydrogen (secondary N) is 2. The van der Waals surface area contributed by atoms with E-state index in [1.165, 1.54) is 0 Å². The van der Waals surface area contributed by atoms with Gasteiger partial charge >= 0.3 is 6.03 Å². The summed E-state index contributed by atoms with van der Waals surface area (Å²) in [7, 11) is 0. The molecule has 0 aliphatic rings. The van der Waals surface area contributed by atoms with Crippen molar-refractivity contribution in [2.75, 3.05) is 11.9 Å². The maximum absolute atomic E-state index is 12.1. The van der Waals surface area contributed by atoms with Crippen LogP contribution in [0, 0.1) is 6.92 Å². The molecule has 24 heavy (non-hydrogen) atoms. The smallest absolute Gasteiger partial charge is 0.325 e. The second-order valence-electron chi connectivity index (χ2n) is 5.88. The lowest BCUT2D eigenvalue weighted by molar-refractivity contribution is -0.121. The third-order valence-electron chi connectivity index (χ3n) is 3.52. The predicted octanol–water partition coefficient (Wildman–Crippen LogP) is 3.15. The largest absolute Gasteiger partial charge is 0.465 e. The van der Waals surface area contributed by atoms with Gasteiger partial charge in [0.1, 0.15) is 11.5 Å². The number of hydrogen-bond donors (Lipinski definition) is 2. The first-order valence-corrected chi connectivity index (χ1v) is 7.89. The zero-order chi connectivity index (χ0) is 17.5. The fourth-order valence-corrected chi connectivity index (χ4v) is 2.23. The van der Waals surface area contributed by atoms with Gasteiger partial charge in [-0.1, -0.05) is 18.2 Å². The summed E-state index contributed by atoms with van der Waals surface area (Å²) in [4.78, 5) is 25.9. The van der Waals surface area contributed by atoms with Gasteiger partial charge in [-0.25, -0.2) is 4.79 Å². The molecule has 0 fully saturated rings. The van der Waals surface area contributed by atoms with Gasteiger partial charge in [0, 0.05) is 11.7 Å². The van der Waals surface area contributed by atoms with Crippen molar-refractivity contribution in [1.82, 2.24) is 10.2 Å². The van der Waals surface area contributed by atoms with E-state index in [4.69, 9.17) is 4.42 Å². The lowest BCUT2D eigenvalue weighted by Crippen LogP contribution is -2.43. The van der Waals surface area contributed by atoms with Crippen molar-refractivity contribution in [1.29, 1.82) is 0 Å². The van der Waals surface area contributed by atoms with Crippen molar-refractivity contribution < 1.29 is 14.0 Å². The molecule has 6 nitrogen and oxygen atoms in total. The zero-order valence-corrected chi connectivity index (χ0v) is 14.2. The third kappa shape index (κ3) is 5.55. The average molecular weight is 329 g/mol. The second-order valence-corrected chi connectivity index (χ2v) is 5.88. The molecule has 1 heterocycles. The zero-order valence-electron chi connectivity index (χ0n) is 14.2. The number of imide groups is 1. The van der Waals surface area contributed by atoms with Gasteiger partial charge < -0.3 is 9.73 Å². The molecule has 0 saturated heterocycles. The molecule has 1 aromatic heterocycles. The van der Waals surface area contributed by atoms with E-state index in [2.05, 4.69) is 10.6 Å². The number of rotatable bonds is 6. The Kier molecular flexibility index (Phi) is 6.14. The topological polar surface area (TPSA) is 74.6 Å². The molecule has 0 atom stereocenters. The minimum atomic E-state index is -0.538. The first-order chi connectivity index (χ1) is 11.4. The Morgan fingerprint density at radius 2 is 1.83 bits per heavy atom. The Morgan fingerprint density at radius 1 is 1.12 bits per heavy atom. The number of nitrogens with zero attached hydrogens (tertiary/aromatic N) is 1. The van der Waals surface area contributed by atoms with Crippen LogP contribution in [0.15, 0.2) is 46.9 Å². The molecule has 0 aliphatic heterocycles. The van der Waals surface area contributed by atoms with E-state index < -0.39 is 6.03 Å². The number of urea groups is 1. The monoisotopic (exact) mass is 329 g/mol. The SMILES string of the molecule is Cc1ccc(CN(CC(=O)NC(=O)Nc2ccccc2)C(C)C)o1. The van der Waals surface area contributed by atoms with E-state index in [0.717, 1.165) is 11.5 Å². The van der Waals surface area contributed by atoms with Crippen LogP contribution in [0.1, 0.15) is 25.4 Å². The van der Waals surface area contributed by atoms with Gasteiger partial charge in [-0.3, -0.25) is 15.0 Å². The van der Waals surface area contributed by atoms with Gasteiger partial charge in [0.2, 0.25) is 5.91 Å². The summed E-state index contributed by atoms with van der Waals surface area (Å²) in [6, 6.07) is 12.4. The van der Waals surface area contributed by atoms with E-state index in [-0.39, 0.29) is 18.5 Å². The van der Waals surface area contributed by atoms with E-state index >= 15 is 0 Å². The normalized spacial score (nSPS) is 10.9. The Labute approximate surface area is 141 Å². The molecule has 0 aliphatic carbocycles. The highest BCUT2D eigenvalue weighted by molar-refractivity contribution is 6.01. The lowest BCUT2D eigenvalue weighted by atomic mass is 10.3. The fourth-order valence-electron chi connectivity index (χ4n) is 2.23. The Morgan fingerprint density at radius 3 is 2.42 bits per heavy atom. The molecule has 6 heteroatoms. The van der Waals surface area contributed by atoms with Crippen LogP contribution in [-0.4, -0.2) is 29.4 Å². The fraction of sp³-hybridized carbons (Fsp3) is 0.333. The highest BCUT2D eigenvalue weighted by atomic mass is 16.3. The Hall–Kier alpha value is -2.60.